The van der Waals surface area contributed by atoms with E-state index in [4.69, 9.17) is 4.42 Å². The van der Waals surface area contributed by atoms with Crippen LogP contribution in [0.15, 0.2) is 39.8 Å². The molecule has 1 aromatic heterocycles. The monoisotopic (exact) mass is 260 g/mol. The van der Waals surface area contributed by atoms with E-state index in [2.05, 4.69) is 41.5 Å². The lowest BCUT2D eigenvalue weighted by atomic mass is 10.1. The molecule has 1 aliphatic rings. The smallest absolute Gasteiger partial charge is 0.208 e. The van der Waals surface area contributed by atoms with Crippen molar-refractivity contribution >= 4 is 11.8 Å². The van der Waals surface area contributed by atoms with E-state index in [9.17, 15) is 0 Å². The highest BCUT2D eigenvalue weighted by Gasteiger charge is 2.22. The fourth-order valence-corrected chi connectivity index (χ4v) is 3.33. The minimum atomic E-state index is 0.406. The van der Waals surface area contributed by atoms with Crippen LogP contribution in [0.5, 0.6) is 0 Å². The summed E-state index contributed by atoms with van der Waals surface area (Å²) in [5.41, 5.74) is 1.39. The normalized spacial score (nSPS) is 17.9. The molecule has 94 valence electrons. The van der Waals surface area contributed by atoms with Gasteiger partial charge < -0.3 is 9.73 Å². The molecule has 4 heteroatoms. The van der Waals surface area contributed by atoms with Crippen LogP contribution in [0.3, 0.4) is 0 Å². The molecule has 1 atom stereocenters. The summed E-state index contributed by atoms with van der Waals surface area (Å²) in [5.74, 6) is 2.81. The first kappa shape index (κ1) is 11.8. The van der Waals surface area contributed by atoms with Crippen molar-refractivity contribution in [2.45, 2.75) is 30.8 Å². The number of aryl methyl sites for hydroxylation is 1. The van der Waals surface area contributed by atoms with Crippen molar-refractivity contribution in [1.82, 2.24) is 10.3 Å². The lowest BCUT2D eigenvalue weighted by molar-refractivity contribution is 0.426. The molecular formula is C14H16N2OS. The summed E-state index contributed by atoms with van der Waals surface area (Å²) < 4.78 is 5.60. The highest BCUT2D eigenvalue weighted by atomic mass is 32.2. The van der Waals surface area contributed by atoms with Crippen LogP contribution in [-0.4, -0.2) is 10.7 Å². The van der Waals surface area contributed by atoms with Gasteiger partial charge in [0.25, 0.3) is 0 Å². The van der Waals surface area contributed by atoms with Gasteiger partial charge in [-0.15, -0.1) is 11.8 Å². The summed E-state index contributed by atoms with van der Waals surface area (Å²) in [6.45, 7) is 2.77. The van der Waals surface area contributed by atoms with E-state index in [1.165, 1.54) is 10.5 Å². The quantitative estimate of drug-likeness (QED) is 0.916. The average Bonchev–Trinajstić information content (AvgIpc) is 3.03. The van der Waals surface area contributed by atoms with Crippen LogP contribution in [0.1, 0.15) is 30.2 Å². The zero-order valence-corrected chi connectivity index (χ0v) is 11.2. The molecule has 0 fully saturated rings. The van der Waals surface area contributed by atoms with Gasteiger partial charge in [0.1, 0.15) is 5.76 Å². The number of aromatic nitrogens is 1. The molecule has 1 N–H and O–H groups in total. The van der Waals surface area contributed by atoms with Crippen LogP contribution in [0, 0.1) is 0 Å². The van der Waals surface area contributed by atoms with E-state index in [0.717, 1.165) is 23.8 Å². The van der Waals surface area contributed by atoms with Gasteiger partial charge in [-0.3, -0.25) is 0 Å². The van der Waals surface area contributed by atoms with Gasteiger partial charge in [-0.05, 0) is 11.6 Å². The maximum absolute atomic E-state index is 5.60. The Morgan fingerprint density at radius 2 is 2.33 bits per heavy atom. The van der Waals surface area contributed by atoms with Crippen LogP contribution >= 0.6 is 11.8 Å². The zero-order chi connectivity index (χ0) is 12.4. The lowest BCUT2D eigenvalue weighted by Crippen LogP contribution is -2.20. The molecule has 0 bridgehead atoms. The van der Waals surface area contributed by atoms with E-state index >= 15 is 0 Å². The van der Waals surface area contributed by atoms with Crippen LogP contribution in [0.25, 0.3) is 0 Å². The molecule has 0 saturated carbocycles. The van der Waals surface area contributed by atoms with Crippen LogP contribution in [-0.2, 0) is 13.0 Å². The number of benzene rings is 1. The number of rotatable bonds is 4. The van der Waals surface area contributed by atoms with E-state index in [1.807, 2.05) is 18.0 Å². The number of hydrogen-bond acceptors (Lipinski definition) is 4. The number of nitrogens with zero attached hydrogens (tertiary/aromatic N) is 1. The average molecular weight is 260 g/mol. The van der Waals surface area contributed by atoms with Crippen molar-refractivity contribution in [3.63, 3.8) is 0 Å². The zero-order valence-electron chi connectivity index (χ0n) is 10.3. The minimum absolute atomic E-state index is 0.406. The second kappa shape index (κ2) is 5.16. The largest absolute Gasteiger partial charge is 0.444 e. The Hall–Kier alpha value is -1.26. The van der Waals surface area contributed by atoms with Crippen molar-refractivity contribution < 1.29 is 4.42 Å². The SMILES string of the molecule is CCc1cnc(CNC2CSc3ccccc32)o1. The second-order valence-electron chi connectivity index (χ2n) is 4.36. The third-order valence-electron chi connectivity index (χ3n) is 3.15. The van der Waals surface area contributed by atoms with Gasteiger partial charge in [-0.2, -0.15) is 0 Å². The molecule has 0 saturated heterocycles. The summed E-state index contributed by atoms with van der Waals surface area (Å²) in [6, 6.07) is 8.97. The lowest BCUT2D eigenvalue weighted by Gasteiger charge is -2.11. The fraction of sp³-hybridized carbons (Fsp3) is 0.357. The van der Waals surface area contributed by atoms with Crippen molar-refractivity contribution in [2.75, 3.05) is 5.75 Å². The third-order valence-corrected chi connectivity index (χ3v) is 4.33. The number of oxazole rings is 1. The number of fused-ring (bicyclic) bond motifs is 1. The first-order valence-corrected chi connectivity index (χ1v) is 7.24. The molecule has 1 aromatic carbocycles. The molecule has 0 amide bonds. The Morgan fingerprint density at radius 3 is 3.17 bits per heavy atom. The highest BCUT2D eigenvalue weighted by Crippen LogP contribution is 2.37. The predicted octanol–water partition coefficient (Wildman–Crippen LogP) is 3.17. The summed E-state index contributed by atoms with van der Waals surface area (Å²) in [7, 11) is 0. The van der Waals surface area contributed by atoms with Crippen LogP contribution < -0.4 is 5.32 Å². The van der Waals surface area contributed by atoms with Gasteiger partial charge in [0.15, 0.2) is 0 Å². The first-order chi connectivity index (χ1) is 8.86. The maximum atomic E-state index is 5.60. The Bertz CT molecular complexity index is 538. The molecule has 0 radical (unpaired) electrons. The van der Waals surface area contributed by atoms with E-state index in [-0.39, 0.29) is 0 Å². The van der Waals surface area contributed by atoms with E-state index in [0.29, 0.717) is 12.6 Å². The Morgan fingerprint density at radius 1 is 1.44 bits per heavy atom. The predicted molar refractivity (Wildman–Crippen MR) is 72.6 cm³/mol. The maximum Gasteiger partial charge on any atom is 0.208 e. The van der Waals surface area contributed by atoms with Gasteiger partial charge in [0.05, 0.1) is 12.7 Å². The van der Waals surface area contributed by atoms with Gasteiger partial charge >= 0.3 is 0 Å². The fourth-order valence-electron chi connectivity index (χ4n) is 2.14. The number of thioether (sulfide) groups is 1. The number of nitrogens with one attached hydrogen (secondary N) is 1. The van der Waals surface area contributed by atoms with Crippen LogP contribution in [0.2, 0.25) is 0 Å². The standard InChI is InChI=1S/C14H16N2OS/c1-2-10-7-16-14(17-10)8-15-12-9-18-13-6-4-3-5-11(12)13/h3-7,12,15H,2,8-9H2,1H3. The van der Waals surface area contributed by atoms with E-state index in [1.54, 1.807) is 0 Å². The molecule has 1 aliphatic heterocycles. The molecule has 2 aromatic rings. The van der Waals surface area contributed by atoms with Gasteiger partial charge in [0.2, 0.25) is 5.89 Å². The molecule has 3 rings (SSSR count). The summed E-state index contributed by atoms with van der Waals surface area (Å²) >= 11 is 1.91. The van der Waals surface area contributed by atoms with Crippen molar-refractivity contribution in [3.8, 4) is 0 Å². The second-order valence-corrected chi connectivity index (χ2v) is 5.42. The molecule has 0 spiro atoms. The molecule has 1 unspecified atom stereocenters. The summed E-state index contributed by atoms with van der Waals surface area (Å²) in [6.07, 6.45) is 2.71. The van der Waals surface area contributed by atoms with E-state index < -0.39 is 0 Å². The molecule has 3 nitrogen and oxygen atoms in total. The van der Waals surface area contributed by atoms with Gasteiger partial charge in [0, 0.05) is 23.1 Å². The third kappa shape index (κ3) is 2.31. The highest BCUT2D eigenvalue weighted by molar-refractivity contribution is 7.99. The topological polar surface area (TPSA) is 38.1 Å². The Kier molecular flexibility index (Phi) is 3.39. The summed E-state index contributed by atoms with van der Waals surface area (Å²) in [4.78, 5) is 5.65. The van der Waals surface area contributed by atoms with Gasteiger partial charge in [-0.25, -0.2) is 4.98 Å². The Labute approximate surface area is 111 Å². The van der Waals surface area contributed by atoms with Crippen molar-refractivity contribution in [2.24, 2.45) is 0 Å². The molecule has 0 aliphatic carbocycles. The van der Waals surface area contributed by atoms with Crippen molar-refractivity contribution in [1.29, 1.82) is 0 Å². The minimum Gasteiger partial charge on any atom is -0.444 e. The molecule has 2 heterocycles. The first-order valence-electron chi connectivity index (χ1n) is 6.25. The molecule has 18 heavy (non-hydrogen) atoms. The number of hydrogen-bond donors (Lipinski definition) is 1. The Balaban J connectivity index is 1.65. The summed E-state index contributed by atoms with van der Waals surface area (Å²) in [5, 5.41) is 3.51. The molecular weight excluding hydrogens is 244 g/mol. The van der Waals surface area contributed by atoms with Crippen LogP contribution in [0.4, 0.5) is 0 Å². The van der Waals surface area contributed by atoms with Gasteiger partial charge in [-0.1, -0.05) is 25.1 Å². The van der Waals surface area contributed by atoms with Crippen molar-refractivity contribution in [3.05, 3.63) is 47.7 Å².